The maximum Gasteiger partial charge on any atom is 0.316 e. The van der Waals surface area contributed by atoms with Gasteiger partial charge in [0.2, 0.25) is 0 Å². The molecular weight excluding hydrogens is 182 g/mol. The van der Waals surface area contributed by atoms with E-state index in [0.29, 0.717) is 0 Å². The van der Waals surface area contributed by atoms with Crippen molar-refractivity contribution in [3.05, 3.63) is 0 Å². The summed E-state index contributed by atoms with van der Waals surface area (Å²) in [6.45, 7) is -0.0731. The van der Waals surface area contributed by atoms with E-state index in [1.807, 2.05) is 0 Å². The molecule has 0 aliphatic heterocycles. The van der Waals surface area contributed by atoms with Crippen LogP contribution in [0.2, 0.25) is 0 Å². The van der Waals surface area contributed by atoms with Crippen molar-refractivity contribution in [3.63, 3.8) is 0 Å². The molecule has 4 heteroatoms. The molecular formula is C10H17NO3. The van der Waals surface area contributed by atoms with Gasteiger partial charge in [-0.05, 0) is 18.8 Å². The third kappa shape index (κ3) is 2.32. The Morgan fingerprint density at radius 2 is 2.00 bits per heavy atom. The molecule has 0 aromatic carbocycles. The van der Waals surface area contributed by atoms with Crippen LogP contribution >= 0.6 is 0 Å². The van der Waals surface area contributed by atoms with Gasteiger partial charge in [-0.15, -0.1) is 0 Å². The first-order valence-electron chi connectivity index (χ1n) is 5.01. The van der Waals surface area contributed by atoms with Crippen LogP contribution in [-0.2, 0) is 14.3 Å². The molecule has 4 nitrogen and oxygen atoms in total. The van der Waals surface area contributed by atoms with E-state index in [9.17, 15) is 9.59 Å². The van der Waals surface area contributed by atoms with Gasteiger partial charge in [0.05, 0.1) is 13.7 Å². The third-order valence-corrected chi connectivity index (χ3v) is 2.87. The van der Waals surface area contributed by atoms with Gasteiger partial charge >= 0.3 is 5.97 Å². The zero-order chi connectivity index (χ0) is 10.6. The second-order valence-corrected chi connectivity index (χ2v) is 3.72. The molecule has 0 heterocycles. The quantitative estimate of drug-likeness (QED) is 0.528. The van der Waals surface area contributed by atoms with Gasteiger partial charge in [-0.2, -0.15) is 0 Å². The van der Waals surface area contributed by atoms with Crippen molar-refractivity contribution in [1.82, 2.24) is 0 Å². The summed E-state index contributed by atoms with van der Waals surface area (Å²) in [5.41, 5.74) is 5.28. The second kappa shape index (κ2) is 5.10. The average molecular weight is 199 g/mol. The molecule has 1 atom stereocenters. The van der Waals surface area contributed by atoms with Crippen LogP contribution in [0.3, 0.4) is 0 Å². The molecule has 0 radical (unpaired) electrons. The third-order valence-electron chi connectivity index (χ3n) is 2.87. The SMILES string of the molecule is COC(=O)C(C(=O)CN)C1CCCC1. The highest BCUT2D eigenvalue weighted by Crippen LogP contribution is 2.32. The molecule has 0 saturated heterocycles. The highest BCUT2D eigenvalue weighted by atomic mass is 16.5. The van der Waals surface area contributed by atoms with E-state index >= 15 is 0 Å². The molecule has 1 unspecified atom stereocenters. The van der Waals surface area contributed by atoms with Gasteiger partial charge in [0, 0.05) is 0 Å². The lowest BCUT2D eigenvalue weighted by molar-refractivity contribution is -0.151. The van der Waals surface area contributed by atoms with Crippen molar-refractivity contribution in [1.29, 1.82) is 0 Å². The number of hydrogen-bond donors (Lipinski definition) is 1. The summed E-state index contributed by atoms with van der Waals surface area (Å²) in [7, 11) is 1.31. The number of carbonyl (C=O) groups excluding carboxylic acids is 2. The van der Waals surface area contributed by atoms with Gasteiger partial charge < -0.3 is 10.5 Å². The zero-order valence-corrected chi connectivity index (χ0v) is 8.49. The fourth-order valence-corrected chi connectivity index (χ4v) is 2.13. The molecule has 0 bridgehead atoms. The monoisotopic (exact) mass is 199 g/mol. The molecule has 0 amide bonds. The molecule has 80 valence electrons. The minimum absolute atomic E-state index is 0.0731. The van der Waals surface area contributed by atoms with Gasteiger partial charge in [-0.25, -0.2) is 0 Å². The molecule has 1 aliphatic carbocycles. The lowest BCUT2D eigenvalue weighted by Gasteiger charge is -2.18. The molecule has 0 aromatic heterocycles. The molecule has 1 rings (SSSR count). The lowest BCUT2D eigenvalue weighted by Crippen LogP contribution is -2.35. The number of ketones is 1. The van der Waals surface area contributed by atoms with Crippen LogP contribution < -0.4 is 5.73 Å². The highest BCUT2D eigenvalue weighted by molar-refractivity contribution is 6.00. The van der Waals surface area contributed by atoms with Crippen LogP contribution in [0.1, 0.15) is 25.7 Å². The minimum Gasteiger partial charge on any atom is -0.468 e. The fourth-order valence-electron chi connectivity index (χ4n) is 2.13. The number of methoxy groups -OCH3 is 1. The molecule has 1 saturated carbocycles. The van der Waals surface area contributed by atoms with E-state index in [0.717, 1.165) is 25.7 Å². The number of nitrogens with two attached hydrogens (primary N) is 1. The van der Waals surface area contributed by atoms with Crippen molar-refractivity contribution in [2.75, 3.05) is 13.7 Å². The zero-order valence-electron chi connectivity index (χ0n) is 8.49. The summed E-state index contributed by atoms with van der Waals surface area (Å²) in [6.07, 6.45) is 4.06. The number of esters is 1. The summed E-state index contributed by atoms with van der Waals surface area (Å²) in [4.78, 5) is 22.9. The molecule has 0 spiro atoms. The van der Waals surface area contributed by atoms with E-state index in [1.165, 1.54) is 7.11 Å². The van der Waals surface area contributed by atoms with Crippen molar-refractivity contribution >= 4 is 11.8 Å². The Kier molecular flexibility index (Phi) is 4.07. The number of hydrogen-bond acceptors (Lipinski definition) is 4. The fraction of sp³-hybridized carbons (Fsp3) is 0.800. The van der Waals surface area contributed by atoms with E-state index in [2.05, 4.69) is 4.74 Å². The van der Waals surface area contributed by atoms with E-state index in [1.54, 1.807) is 0 Å². The Morgan fingerprint density at radius 3 is 2.43 bits per heavy atom. The lowest BCUT2D eigenvalue weighted by atomic mass is 9.87. The van der Waals surface area contributed by atoms with Gasteiger partial charge in [0.1, 0.15) is 5.92 Å². The first-order chi connectivity index (χ1) is 6.70. The number of ether oxygens (including phenoxy) is 1. The maximum absolute atomic E-state index is 11.5. The molecule has 1 aliphatic rings. The summed E-state index contributed by atoms with van der Waals surface area (Å²) in [5.74, 6) is -1.08. The Bertz CT molecular complexity index is 205. The topological polar surface area (TPSA) is 69.4 Å². The molecule has 1 fully saturated rings. The van der Waals surface area contributed by atoms with Gasteiger partial charge in [0.15, 0.2) is 5.78 Å². The first kappa shape index (κ1) is 11.2. The van der Waals surface area contributed by atoms with Crippen LogP contribution in [-0.4, -0.2) is 25.4 Å². The first-order valence-corrected chi connectivity index (χ1v) is 5.01. The smallest absolute Gasteiger partial charge is 0.316 e. The van der Waals surface area contributed by atoms with Crippen molar-refractivity contribution in [2.45, 2.75) is 25.7 Å². The predicted molar refractivity (Wildman–Crippen MR) is 51.5 cm³/mol. The van der Waals surface area contributed by atoms with Gasteiger partial charge in [0.25, 0.3) is 0 Å². The number of carbonyl (C=O) groups is 2. The van der Waals surface area contributed by atoms with Crippen LogP contribution in [0, 0.1) is 11.8 Å². The predicted octanol–water partition coefficient (Wildman–Crippen LogP) is 0.494. The maximum atomic E-state index is 11.5. The van der Waals surface area contributed by atoms with Crippen LogP contribution in [0.15, 0.2) is 0 Å². The molecule has 0 aromatic rings. The summed E-state index contributed by atoms with van der Waals surface area (Å²) in [5, 5.41) is 0. The summed E-state index contributed by atoms with van der Waals surface area (Å²) < 4.78 is 4.63. The van der Waals surface area contributed by atoms with Crippen LogP contribution in [0.5, 0.6) is 0 Å². The van der Waals surface area contributed by atoms with E-state index in [-0.39, 0.29) is 18.2 Å². The van der Waals surface area contributed by atoms with Crippen molar-refractivity contribution < 1.29 is 14.3 Å². The Morgan fingerprint density at radius 1 is 1.43 bits per heavy atom. The van der Waals surface area contributed by atoms with E-state index in [4.69, 9.17) is 5.73 Å². The van der Waals surface area contributed by atoms with Crippen LogP contribution in [0.4, 0.5) is 0 Å². The Hall–Kier alpha value is -0.900. The van der Waals surface area contributed by atoms with Crippen LogP contribution in [0.25, 0.3) is 0 Å². The molecule has 2 N–H and O–H groups in total. The highest BCUT2D eigenvalue weighted by Gasteiger charge is 2.35. The largest absolute Gasteiger partial charge is 0.468 e. The van der Waals surface area contributed by atoms with Crippen molar-refractivity contribution in [2.24, 2.45) is 17.6 Å². The average Bonchev–Trinajstić information content (AvgIpc) is 2.70. The Labute approximate surface area is 83.8 Å². The van der Waals surface area contributed by atoms with E-state index < -0.39 is 11.9 Å². The normalized spacial score (nSPS) is 19.3. The van der Waals surface area contributed by atoms with Gasteiger partial charge in [-0.1, -0.05) is 12.8 Å². The Balaban J connectivity index is 2.69. The number of rotatable bonds is 4. The van der Waals surface area contributed by atoms with Gasteiger partial charge in [-0.3, -0.25) is 9.59 Å². The second-order valence-electron chi connectivity index (χ2n) is 3.72. The van der Waals surface area contributed by atoms with Crippen molar-refractivity contribution in [3.8, 4) is 0 Å². The summed E-state index contributed by atoms with van der Waals surface area (Å²) >= 11 is 0. The number of Topliss-reactive ketones (excluding diaryl/α,β-unsaturated/α-hetero) is 1. The summed E-state index contributed by atoms with van der Waals surface area (Å²) in [6, 6.07) is 0. The minimum atomic E-state index is -0.618. The standard InChI is InChI=1S/C10H17NO3/c1-14-10(13)9(8(12)6-11)7-4-2-3-5-7/h7,9H,2-6,11H2,1H3. The molecule has 14 heavy (non-hydrogen) atoms.